The zero-order valence-electron chi connectivity index (χ0n) is 11.6. The minimum atomic E-state index is -0.624. The molecule has 1 aromatic rings. The van der Waals surface area contributed by atoms with E-state index in [2.05, 4.69) is 0 Å². The van der Waals surface area contributed by atoms with Crippen LogP contribution in [-0.4, -0.2) is 36.1 Å². The molecule has 0 fully saturated rings. The van der Waals surface area contributed by atoms with Crippen LogP contribution in [0.2, 0.25) is 0 Å². The molecule has 0 spiro atoms. The van der Waals surface area contributed by atoms with Crippen molar-refractivity contribution in [3.63, 3.8) is 0 Å². The van der Waals surface area contributed by atoms with Gasteiger partial charge in [-0.1, -0.05) is 11.6 Å². The van der Waals surface area contributed by atoms with Crippen LogP contribution in [0.5, 0.6) is 5.75 Å². The van der Waals surface area contributed by atoms with E-state index >= 15 is 0 Å². The van der Waals surface area contributed by atoms with E-state index in [1.54, 1.807) is 34.0 Å². The number of hydrogen-bond acceptors (Lipinski definition) is 3. The Morgan fingerprint density at radius 2 is 1.94 bits per heavy atom. The van der Waals surface area contributed by atoms with E-state index in [-0.39, 0.29) is 5.91 Å². The number of aliphatic hydroxyl groups is 1. The highest BCUT2D eigenvalue weighted by Gasteiger charge is 2.19. The molecule has 1 N–H and O–H groups in total. The Labute approximate surface area is 108 Å². The molecule has 100 valence electrons. The largest absolute Gasteiger partial charge is 0.481 e. The third-order valence-corrected chi connectivity index (χ3v) is 2.71. The average Bonchev–Trinajstić information content (AvgIpc) is 2.29. The number of amides is 1. The summed E-state index contributed by atoms with van der Waals surface area (Å²) in [5.74, 6) is 0.449. The van der Waals surface area contributed by atoms with Crippen LogP contribution < -0.4 is 4.74 Å². The number of nitrogens with zero attached hydrogens (tertiary/aromatic N) is 1. The molecule has 4 heteroatoms. The van der Waals surface area contributed by atoms with Gasteiger partial charge in [-0.25, -0.2) is 0 Å². The second kappa shape index (κ2) is 5.87. The summed E-state index contributed by atoms with van der Waals surface area (Å²) in [7, 11) is 3.37. The molecular formula is C14H21NO3. The van der Waals surface area contributed by atoms with E-state index < -0.39 is 12.2 Å². The molecule has 0 aromatic heterocycles. The third-order valence-electron chi connectivity index (χ3n) is 2.71. The lowest BCUT2D eigenvalue weighted by molar-refractivity contribution is -0.135. The van der Waals surface area contributed by atoms with Gasteiger partial charge in [0.2, 0.25) is 0 Å². The van der Waals surface area contributed by atoms with Crippen molar-refractivity contribution in [1.29, 1.82) is 0 Å². The first-order chi connectivity index (χ1) is 8.32. The van der Waals surface area contributed by atoms with Crippen LogP contribution in [0.1, 0.15) is 31.1 Å². The zero-order chi connectivity index (χ0) is 13.9. The number of hydrogen-bond donors (Lipinski definition) is 1. The van der Waals surface area contributed by atoms with E-state index in [0.717, 1.165) is 5.56 Å². The Hall–Kier alpha value is -1.55. The second-order valence-electron chi connectivity index (χ2n) is 4.71. The molecule has 1 aromatic carbocycles. The van der Waals surface area contributed by atoms with Gasteiger partial charge in [-0.3, -0.25) is 4.79 Å². The maximum Gasteiger partial charge on any atom is 0.262 e. The minimum absolute atomic E-state index is 0.105. The minimum Gasteiger partial charge on any atom is -0.481 e. The van der Waals surface area contributed by atoms with Crippen LogP contribution in [0, 0.1) is 6.92 Å². The molecule has 1 amide bonds. The van der Waals surface area contributed by atoms with Crippen LogP contribution in [0.3, 0.4) is 0 Å². The third kappa shape index (κ3) is 3.47. The molecule has 0 aliphatic rings. The number of aryl methyl sites for hydroxylation is 1. The summed E-state index contributed by atoms with van der Waals surface area (Å²) >= 11 is 0. The highest BCUT2D eigenvalue weighted by molar-refractivity contribution is 5.80. The van der Waals surface area contributed by atoms with Crippen LogP contribution >= 0.6 is 0 Å². The molecule has 0 saturated carbocycles. The number of rotatable bonds is 4. The molecule has 0 bridgehead atoms. The standard InChI is InChI=1S/C14H21NO3/c1-9-6-7-13(12(8-9)10(2)16)18-11(3)14(17)15(4)5/h6-8,10-11,16H,1-5H3/t10-,11?/m0/s1. The first kappa shape index (κ1) is 14.5. The first-order valence-corrected chi connectivity index (χ1v) is 5.99. The van der Waals surface area contributed by atoms with Gasteiger partial charge in [0.15, 0.2) is 6.10 Å². The second-order valence-corrected chi connectivity index (χ2v) is 4.71. The quantitative estimate of drug-likeness (QED) is 0.889. The lowest BCUT2D eigenvalue weighted by Crippen LogP contribution is -2.35. The maximum absolute atomic E-state index is 11.7. The number of benzene rings is 1. The molecule has 1 unspecified atom stereocenters. The van der Waals surface area contributed by atoms with Crippen molar-refractivity contribution < 1.29 is 14.6 Å². The van der Waals surface area contributed by atoms with E-state index in [1.165, 1.54) is 4.90 Å². The lowest BCUT2D eigenvalue weighted by atomic mass is 10.1. The van der Waals surface area contributed by atoms with Gasteiger partial charge < -0.3 is 14.7 Å². The summed E-state index contributed by atoms with van der Waals surface area (Å²) in [6, 6.07) is 5.55. The lowest BCUT2D eigenvalue weighted by Gasteiger charge is -2.21. The van der Waals surface area contributed by atoms with Crippen LogP contribution in [0.4, 0.5) is 0 Å². The van der Waals surface area contributed by atoms with Gasteiger partial charge in [-0.15, -0.1) is 0 Å². The van der Waals surface area contributed by atoms with Crippen LogP contribution in [-0.2, 0) is 4.79 Å². The van der Waals surface area contributed by atoms with Crippen molar-refractivity contribution in [3.05, 3.63) is 29.3 Å². The van der Waals surface area contributed by atoms with Crippen LogP contribution in [0.15, 0.2) is 18.2 Å². The SMILES string of the molecule is Cc1ccc(OC(C)C(=O)N(C)C)c([C@H](C)O)c1. The molecule has 2 atom stereocenters. The Balaban J connectivity index is 2.94. The molecular weight excluding hydrogens is 230 g/mol. The van der Waals surface area contributed by atoms with E-state index in [4.69, 9.17) is 4.74 Å². The molecule has 1 rings (SSSR count). The number of carbonyl (C=O) groups excluding carboxylic acids is 1. The summed E-state index contributed by atoms with van der Waals surface area (Å²) in [5.41, 5.74) is 1.75. The van der Waals surface area contributed by atoms with E-state index in [9.17, 15) is 9.90 Å². The Morgan fingerprint density at radius 3 is 2.44 bits per heavy atom. The molecule has 0 radical (unpaired) electrons. The van der Waals surface area contributed by atoms with Gasteiger partial charge in [-0.05, 0) is 32.9 Å². The highest BCUT2D eigenvalue weighted by atomic mass is 16.5. The van der Waals surface area contributed by atoms with Crippen LogP contribution in [0.25, 0.3) is 0 Å². The first-order valence-electron chi connectivity index (χ1n) is 5.99. The summed E-state index contributed by atoms with van der Waals surface area (Å²) < 4.78 is 5.63. The van der Waals surface area contributed by atoms with Crippen molar-refractivity contribution in [2.24, 2.45) is 0 Å². The summed E-state index contributed by atoms with van der Waals surface area (Å²) in [6.45, 7) is 5.33. The van der Waals surface area contributed by atoms with E-state index in [0.29, 0.717) is 11.3 Å². The predicted molar refractivity (Wildman–Crippen MR) is 70.6 cm³/mol. The van der Waals surface area contributed by atoms with Gasteiger partial charge in [-0.2, -0.15) is 0 Å². The number of ether oxygens (including phenoxy) is 1. The topological polar surface area (TPSA) is 49.8 Å². The number of likely N-dealkylation sites (N-methyl/N-ethyl adjacent to an activating group) is 1. The summed E-state index contributed by atoms with van der Waals surface area (Å²) in [4.78, 5) is 13.2. The number of carbonyl (C=O) groups is 1. The van der Waals surface area contributed by atoms with Gasteiger partial charge in [0.05, 0.1) is 6.10 Å². The maximum atomic E-state index is 11.7. The Morgan fingerprint density at radius 1 is 1.33 bits per heavy atom. The van der Waals surface area contributed by atoms with Gasteiger partial charge in [0, 0.05) is 19.7 Å². The van der Waals surface area contributed by atoms with Gasteiger partial charge in [0.1, 0.15) is 5.75 Å². The average molecular weight is 251 g/mol. The molecule has 4 nitrogen and oxygen atoms in total. The summed E-state index contributed by atoms with van der Waals surface area (Å²) in [5, 5.41) is 9.71. The fraction of sp³-hybridized carbons (Fsp3) is 0.500. The zero-order valence-corrected chi connectivity index (χ0v) is 11.6. The van der Waals surface area contributed by atoms with Crippen molar-refractivity contribution >= 4 is 5.91 Å². The van der Waals surface area contributed by atoms with Gasteiger partial charge in [0.25, 0.3) is 5.91 Å². The Kier molecular flexibility index (Phi) is 4.73. The fourth-order valence-electron chi connectivity index (χ4n) is 1.71. The molecule has 0 heterocycles. The van der Waals surface area contributed by atoms with E-state index in [1.807, 2.05) is 19.1 Å². The number of aliphatic hydroxyl groups excluding tert-OH is 1. The Bertz CT molecular complexity index is 427. The van der Waals surface area contributed by atoms with Crippen molar-refractivity contribution in [2.45, 2.75) is 33.0 Å². The van der Waals surface area contributed by atoms with Crippen molar-refractivity contribution in [3.8, 4) is 5.75 Å². The fourth-order valence-corrected chi connectivity index (χ4v) is 1.71. The monoisotopic (exact) mass is 251 g/mol. The summed E-state index contributed by atoms with van der Waals surface area (Å²) in [6.07, 6.45) is -1.19. The smallest absolute Gasteiger partial charge is 0.262 e. The molecule has 18 heavy (non-hydrogen) atoms. The molecule has 0 aliphatic carbocycles. The molecule has 0 aliphatic heterocycles. The van der Waals surface area contributed by atoms with Crippen molar-refractivity contribution in [2.75, 3.05) is 14.1 Å². The van der Waals surface area contributed by atoms with Gasteiger partial charge >= 0.3 is 0 Å². The van der Waals surface area contributed by atoms with Crippen molar-refractivity contribution in [1.82, 2.24) is 4.90 Å². The predicted octanol–water partition coefficient (Wildman–Crippen LogP) is 1.90. The molecule has 0 saturated heterocycles. The highest BCUT2D eigenvalue weighted by Crippen LogP contribution is 2.27. The normalized spacial score (nSPS) is 13.9.